The van der Waals surface area contributed by atoms with E-state index in [1.807, 2.05) is 11.9 Å². The van der Waals surface area contributed by atoms with Gasteiger partial charge in [-0.25, -0.2) is 0 Å². The van der Waals surface area contributed by atoms with Crippen molar-refractivity contribution in [2.75, 3.05) is 0 Å². The fourth-order valence-corrected chi connectivity index (χ4v) is 2.18. The molecule has 1 atom stereocenters. The van der Waals surface area contributed by atoms with Crippen LogP contribution in [0.4, 0.5) is 0 Å². The van der Waals surface area contributed by atoms with E-state index in [0.29, 0.717) is 10.3 Å². The van der Waals surface area contributed by atoms with E-state index < -0.39 is 0 Å². The zero-order valence-electron chi connectivity index (χ0n) is 10.1. The Morgan fingerprint density at radius 2 is 2.07 bits per heavy atom. The van der Waals surface area contributed by atoms with Crippen LogP contribution in [0.15, 0.2) is 11.6 Å². The summed E-state index contributed by atoms with van der Waals surface area (Å²) in [5.74, 6) is 0. The second-order valence-electron chi connectivity index (χ2n) is 5.63. The van der Waals surface area contributed by atoms with Gasteiger partial charge >= 0.3 is 0 Å². The van der Waals surface area contributed by atoms with Crippen molar-refractivity contribution in [3.8, 4) is 0 Å². The monoisotopic (exact) mass is 213 g/mol. The first-order chi connectivity index (χ1) is 6.31. The molecule has 2 heteroatoms. The molecule has 14 heavy (non-hydrogen) atoms. The van der Waals surface area contributed by atoms with E-state index >= 15 is 0 Å². The third-order valence-electron chi connectivity index (χ3n) is 2.58. The minimum atomic E-state index is 0.303. The van der Waals surface area contributed by atoms with E-state index in [4.69, 9.17) is 0 Å². The third kappa shape index (κ3) is 4.05. The van der Waals surface area contributed by atoms with Gasteiger partial charge in [-0.2, -0.15) is 0 Å². The Morgan fingerprint density at radius 1 is 1.43 bits per heavy atom. The average Bonchev–Trinajstić information content (AvgIpc) is 2.07. The maximum Gasteiger partial charge on any atom is 0.0292 e. The molecule has 1 aliphatic carbocycles. The third-order valence-corrected chi connectivity index (χ3v) is 3.78. The summed E-state index contributed by atoms with van der Waals surface area (Å²) < 4.78 is 3.94. The molecular formula is C12H23NS. The lowest BCUT2D eigenvalue weighted by atomic mass is 9.85. The van der Waals surface area contributed by atoms with E-state index in [0.717, 1.165) is 0 Å². The summed E-state index contributed by atoms with van der Waals surface area (Å²) >= 11 is 1.86. The Labute approximate surface area is 92.9 Å². The largest absolute Gasteiger partial charge is 0.257 e. The molecule has 0 saturated carbocycles. The molecule has 0 amide bonds. The normalized spacial score (nSPS) is 28.8. The fourth-order valence-electron chi connectivity index (χ4n) is 1.45. The maximum absolute atomic E-state index is 3.63. The van der Waals surface area contributed by atoms with Crippen molar-refractivity contribution < 1.29 is 0 Å². The topological polar surface area (TPSA) is 12.0 Å². The quantitative estimate of drug-likeness (QED) is 0.551. The highest BCUT2D eigenvalue weighted by molar-refractivity contribution is 7.98. The first-order valence-corrected chi connectivity index (χ1v) is 6.23. The molecule has 0 aromatic carbocycles. The molecule has 0 saturated heterocycles. The molecule has 82 valence electrons. The predicted molar refractivity (Wildman–Crippen MR) is 66.5 cm³/mol. The molecule has 0 spiro atoms. The van der Waals surface area contributed by atoms with Crippen LogP contribution in [0.1, 0.15) is 53.9 Å². The van der Waals surface area contributed by atoms with Crippen LogP contribution in [-0.4, -0.2) is 10.3 Å². The molecule has 0 bridgehead atoms. The summed E-state index contributed by atoms with van der Waals surface area (Å²) in [7, 11) is 0. The highest BCUT2D eigenvalue weighted by atomic mass is 32.2. The van der Waals surface area contributed by atoms with Gasteiger partial charge in [0.2, 0.25) is 0 Å². The van der Waals surface area contributed by atoms with Crippen LogP contribution in [0, 0.1) is 0 Å². The molecule has 0 fully saturated rings. The Kier molecular flexibility index (Phi) is 3.70. The summed E-state index contributed by atoms with van der Waals surface area (Å²) in [6, 6.07) is 0. The molecule has 1 aliphatic rings. The average molecular weight is 213 g/mol. The second kappa shape index (κ2) is 4.28. The van der Waals surface area contributed by atoms with Gasteiger partial charge in [-0.3, -0.25) is 4.72 Å². The van der Waals surface area contributed by atoms with Crippen molar-refractivity contribution in [3.63, 3.8) is 0 Å². The summed E-state index contributed by atoms with van der Waals surface area (Å²) in [6.45, 7) is 11.3. The molecule has 0 heterocycles. The van der Waals surface area contributed by atoms with E-state index in [1.165, 1.54) is 19.3 Å². The molecular weight excluding hydrogens is 190 g/mol. The van der Waals surface area contributed by atoms with Crippen molar-refractivity contribution in [2.45, 2.75) is 64.2 Å². The van der Waals surface area contributed by atoms with Gasteiger partial charge in [0.05, 0.1) is 0 Å². The summed E-state index contributed by atoms with van der Waals surface area (Å²) in [4.78, 5) is 0. The van der Waals surface area contributed by atoms with Crippen molar-refractivity contribution in [1.29, 1.82) is 0 Å². The highest BCUT2D eigenvalue weighted by Gasteiger charge is 2.27. The Bertz CT molecular complexity index is 227. The number of allylic oxidation sites excluding steroid dienone is 1. The van der Waals surface area contributed by atoms with Gasteiger partial charge in [-0.15, -0.1) is 0 Å². The highest BCUT2D eigenvalue weighted by Crippen LogP contribution is 2.31. The molecule has 0 aliphatic heterocycles. The first kappa shape index (κ1) is 12.1. The minimum absolute atomic E-state index is 0.303. The molecule has 1 nitrogen and oxygen atoms in total. The summed E-state index contributed by atoms with van der Waals surface area (Å²) in [6.07, 6.45) is 6.05. The zero-order valence-corrected chi connectivity index (χ0v) is 10.9. The van der Waals surface area contributed by atoms with Crippen molar-refractivity contribution in [2.24, 2.45) is 0 Å². The molecule has 1 unspecified atom stereocenters. The van der Waals surface area contributed by atoms with Gasteiger partial charge in [0.1, 0.15) is 0 Å². The predicted octanol–water partition coefficient (Wildman–Crippen LogP) is 3.91. The Hall–Kier alpha value is 0.0500. The molecule has 1 rings (SSSR count). The molecule has 0 aromatic heterocycles. The van der Waals surface area contributed by atoms with Crippen LogP contribution in [0.5, 0.6) is 0 Å². The standard InChI is InChI=1S/C12H23NS/c1-10-6-8-12(5,9-7-10)13-14-11(2,3)4/h6,13H,7-9H2,1-5H3. The van der Waals surface area contributed by atoms with Crippen LogP contribution < -0.4 is 4.72 Å². The number of nitrogens with one attached hydrogen (secondary N) is 1. The first-order valence-electron chi connectivity index (χ1n) is 5.42. The fraction of sp³-hybridized carbons (Fsp3) is 0.833. The van der Waals surface area contributed by atoms with Crippen LogP contribution in [0.2, 0.25) is 0 Å². The van der Waals surface area contributed by atoms with Crippen molar-refractivity contribution >= 4 is 11.9 Å². The lowest BCUT2D eigenvalue weighted by molar-refractivity contribution is 0.388. The second-order valence-corrected chi connectivity index (χ2v) is 7.26. The Balaban J connectivity index is 2.44. The Morgan fingerprint density at radius 3 is 2.50 bits per heavy atom. The van der Waals surface area contributed by atoms with Crippen LogP contribution in [0.25, 0.3) is 0 Å². The molecule has 0 aromatic rings. The van der Waals surface area contributed by atoms with Gasteiger partial charge in [-0.05, 0) is 53.9 Å². The van der Waals surface area contributed by atoms with E-state index in [2.05, 4.69) is 45.4 Å². The van der Waals surface area contributed by atoms with Gasteiger partial charge < -0.3 is 0 Å². The van der Waals surface area contributed by atoms with E-state index in [1.54, 1.807) is 5.57 Å². The van der Waals surface area contributed by atoms with Crippen LogP contribution in [-0.2, 0) is 0 Å². The van der Waals surface area contributed by atoms with Gasteiger partial charge in [-0.1, -0.05) is 23.6 Å². The van der Waals surface area contributed by atoms with Crippen LogP contribution in [0.3, 0.4) is 0 Å². The minimum Gasteiger partial charge on any atom is -0.257 e. The number of hydrogen-bond acceptors (Lipinski definition) is 2. The van der Waals surface area contributed by atoms with Crippen molar-refractivity contribution in [1.82, 2.24) is 4.72 Å². The summed E-state index contributed by atoms with van der Waals surface area (Å²) in [5.41, 5.74) is 1.85. The van der Waals surface area contributed by atoms with Gasteiger partial charge in [0.15, 0.2) is 0 Å². The molecule has 1 N–H and O–H groups in total. The van der Waals surface area contributed by atoms with Crippen LogP contribution >= 0.6 is 11.9 Å². The maximum atomic E-state index is 3.63. The van der Waals surface area contributed by atoms with Gasteiger partial charge in [0, 0.05) is 10.3 Å². The lowest BCUT2D eigenvalue weighted by Gasteiger charge is -2.35. The number of hydrogen-bond donors (Lipinski definition) is 1. The van der Waals surface area contributed by atoms with E-state index in [-0.39, 0.29) is 0 Å². The number of rotatable bonds is 2. The SMILES string of the molecule is CC1=CCC(C)(NSC(C)(C)C)CC1. The van der Waals surface area contributed by atoms with Crippen molar-refractivity contribution in [3.05, 3.63) is 11.6 Å². The van der Waals surface area contributed by atoms with E-state index in [9.17, 15) is 0 Å². The van der Waals surface area contributed by atoms with Gasteiger partial charge in [0.25, 0.3) is 0 Å². The smallest absolute Gasteiger partial charge is 0.0292 e. The summed E-state index contributed by atoms with van der Waals surface area (Å²) in [5, 5.41) is 0. The molecule has 0 radical (unpaired) electrons. The lowest BCUT2D eigenvalue weighted by Crippen LogP contribution is -2.41. The zero-order chi connectivity index (χ0) is 10.8.